The fourth-order valence-corrected chi connectivity index (χ4v) is 2.79. The molecule has 1 N–H and O–H groups in total. The zero-order chi connectivity index (χ0) is 19.4. The van der Waals surface area contributed by atoms with Gasteiger partial charge in [-0.3, -0.25) is 19.3 Å². The number of ether oxygens (including phenoxy) is 1. The Hall–Kier alpha value is -3.48. The van der Waals surface area contributed by atoms with Crippen LogP contribution < -0.4 is 10.2 Å². The molecule has 1 heterocycles. The molecule has 0 atom stereocenters. The molecule has 1 aliphatic heterocycles. The van der Waals surface area contributed by atoms with Gasteiger partial charge in [0.1, 0.15) is 0 Å². The molecule has 2 aromatic carbocycles. The molecule has 7 heteroatoms. The number of benzene rings is 2. The van der Waals surface area contributed by atoms with E-state index in [9.17, 15) is 19.2 Å². The van der Waals surface area contributed by atoms with Crippen LogP contribution in [0.4, 0.5) is 5.69 Å². The van der Waals surface area contributed by atoms with Crippen LogP contribution >= 0.6 is 0 Å². The Bertz CT molecular complexity index is 872. The summed E-state index contributed by atoms with van der Waals surface area (Å²) < 4.78 is 4.64. The molecule has 0 unspecified atom stereocenters. The van der Waals surface area contributed by atoms with Crippen LogP contribution in [-0.2, 0) is 20.9 Å². The number of methoxy groups -OCH3 is 1. The van der Waals surface area contributed by atoms with Crippen LogP contribution in [-0.4, -0.2) is 30.8 Å². The Labute approximate surface area is 155 Å². The van der Waals surface area contributed by atoms with E-state index in [2.05, 4.69) is 10.1 Å². The van der Waals surface area contributed by atoms with E-state index >= 15 is 0 Å². The van der Waals surface area contributed by atoms with E-state index in [0.717, 1.165) is 10.5 Å². The maximum Gasteiger partial charge on any atom is 0.337 e. The van der Waals surface area contributed by atoms with Crippen LogP contribution in [0.3, 0.4) is 0 Å². The molecule has 7 nitrogen and oxygen atoms in total. The Morgan fingerprint density at radius 2 is 1.48 bits per heavy atom. The summed E-state index contributed by atoms with van der Waals surface area (Å²) in [7, 11) is 1.32. The number of rotatable bonds is 5. The molecule has 0 saturated carbocycles. The number of imide groups is 1. The lowest BCUT2D eigenvalue weighted by Crippen LogP contribution is -2.28. The molecule has 0 spiro atoms. The summed E-state index contributed by atoms with van der Waals surface area (Å²) >= 11 is 0. The standard InChI is InChI=1S/C20H18N2O5/c1-27-20(26)15-4-2-13(3-5-15)12-21-19(25)14-6-8-16(9-7-14)22-17(23)10-11-18(22)24/h2-9H,10-12H2,1H3,(H,21,25). The Morgan fingerprint density at radius 1 is 0.926 bits per heavy atom. The van der Waals surface area contributed by atoms with Crippen LogP contribution in [0.25, 0.3) is 0 Å². The van der Waals surface area contributed by atoms with Gasteiger partial charge in [0.15, 0.2) is 0 Å². The number of nitrogens with one attached hydrogen (secondary N) is 1. The topological polar surface area (TPSA) is 92.8 Å². The van der Waals surface area contributed by atoms with Gasteiger partial charge < -0.3 is 10.1 Å². The Kier molecular flexibility index (Phi) is 5.30. The van der Waals surface area contributed by atoms with Crippen molar-refractivity contribution >= 4 is 29.4 Å². The molecule has 0 radical (unpaired) electrons. The SMILES string of the molecule is COC(=O)c1ccc(CNC(=O)c2ccc(N3C(=O)CCC3=O)cc2)cc1. The number of nitrogens with zero attached hydrogens (tertiary/aromatic N) is 1. The van der Waals surface area contributed by atoms with Gasteiger partial charge in [0.2, 0.25) is 11.8 Å². The van der Waals surface area contributed by atoms with Gasteiger partial charge in [-0.1, -0.05) is 12.1 Å². The van der Waals surface area contributed by atoms with Gasteiger partial charge in [0, 0.05) is 24.9 Å². The third-order valence-electron chi connectivity index (χ3n) is 4.27. The van der Waals surface area contributed by atoms with E-state index in [1.165, 1.54) is 7.11 Å². The van der Waals surface area contributed by atoms with Crippen molar-refractivity contribution in [1.82, 2.24) is 5.32 Å². The van der Waals surface area contributed by atoms with E-state index in [1.807, 2.05) is 0 Å². The van der Waals surface area contributed by atoms with Crippen molar-refractivity contribution in [1.29, 1.82) is 0 Å². The van der Waals surface area contributed by atoms with E-state index in [0.29, 0.717) is 23.4 Å². The number of hydrogen-bond donors (Lipinski definition) is 1. The average Bonchev–Trinajstić information content (AvgIpc) is 3.04. The predicted molar refractivity (Wildman–Crippen MR) is 97.1 cm³/mol. The first-order chi connectivity index (χ1) is 13.0. The van der Waals surface area contributed by atoms with Gasteiger partial charge >= 0.3 is 5.97 Å². The molecule has 138 valence electrons. The highest BCUT2D eigenvalue weighted by Crippen LogP contribution is 2.22. The van der Waals surface area contributed by atoms with Crippen molar-refractivity contribution in [3.8, 4) is 0 Å². The molecular weight excluding hydrogens is 348 g/mol. The third kappa shape index (κ3) is 4.03. The normalized spacial score (nSPS) is 13.6. The number of anilines is 1. The fourth-order valence-electron chi connectivity index (χ4n) is 2.79. The van der Waals surface area contributed by atoms with Gasteiger partial charge in [-0.05, 0) is 42.0 Å². The summed E-state index contributed by atoms with van der Waals surface area (Å²) in [5.41, 5.74) is 2.16. The summed E-state index contributed by atoms with van der Waals surface area (Å²) in [5, 5.41) is 2.78. The van der Waals surface area contributed by atoms with Crippen molar-refractivity contribution in [3.05, 3.63) is 65.2 Å². The van der Waals surface area contributed by atoms with Gasteiger partial charge in [-0.15, -0.1) is 0 Å². The predicted octanol–water partition coefficient (Wildman–Crippen LogP) is 2.06. The smallest absolute Gasteiger partial charge is 0.337 e. The number of hydrogen-bond acceptors (Lipinski definition) is 5. The minimum Gasteiger partial charge on any atom is -0.465 e. The minimum absolute atomic E-state index is 0.218. The first kappa shape index (κ1) is 18.3. The van der Waals surface area contributed by atoms with Crippen molar-refractivity contribution in [2.75, 3.05) is 12.0 Å². The van der Waals surface area contributed by atoms with Crippen molar-refractivity contribution in [3.63, 3.8) is 0 Å². The molecule has 0 aliphatic carbocycles. The highest BCUT2D eigenvalue weighted by molar-refractivity contribution is 6.19. The van der Waals surface area contributed by atoms with E-state index in [1.54, 1.807) is 48.5 Å². The maximum absolute atomic E-state index is 12.3. The second-order valence-corrected chi connectivity index (χ2v) is 6.04. The molecule has 1 aliphatic rings. The van der Waals surface area contributed by atoms with Gasteiger partial charge in [-0.2, -0.15) is 0 Å². The zero-order valence-electron chi connectivity index (χ0n) is 14.7. The van der Waals surface area contributed by atoms with E-state index in [4.69, 9.17) is 0 Å². The monoisotopic (exact) mass is 366 g/mol. The number of carbonyl (C=O) groups is 4. The van der Waals surface area contributed by atoms with E-state index < -0.39 is 5.97 Å². The first-order valence-electron chi connectivity index (χ1n) is 8.41. The summed E-state index contributed by atoms with van der Waals surface area (Å²) in [4.78, 5) is 48.3. The van der Waals surface area contributed by atoms with Crippen LogP contribution in [0, 0.1) is 0 Å². The van der Waals surface area contributed by atoms with Gasteiger partial charge in [-0.25, -0.2) is 4.79 Å². The second kappa shape index (κ2) is 7.82. The van der Waals surface area contributed by atoms with Crippen molar-refractivity contribution in [2.24, 2.45) is 0 Å². The zero-order valence-corrected chi connectivity index (χ0v) is 14.7. The molecule has 27 heavy (non-hydrogen) atoms. The highest BCUT2D eigenvalue weighted by atomic mass is 16.5. The number of esters is 1. The molecule has 3 rings (SSSR count). The van der Waals surface area contributed by atoms with Crippen LogP contribution in [0.15, 0.2) is 48.5 Å². The van der Waals surface area contributed by atoms with Crippen LogP contribution in [0.1, 0.15) is 39.1 Å². The molecule has 0 aromatic heterocycles. The van der Waals surface area contributed by atoms with E-state index in [-0.39, 0.29) is 30.6 Å². The molecule has 0 bridgehead atoms. The third-order valence-corrected chi connectivity index (χ3v) is 4.27. The van der Waals surface area contributed by atoms with Crippen molar-refractivity contribution < 1.29 is 23.9 Å². The minimum atomic E-state index is -0.416. The van der Waals surface area contributed by atoms with Crippen LogP contribution in [0.5, 0.6) is 0 Å². The fraction of sp³-hybridized carbons (Fsp3) is 0.200. The first-order valence-corrected chi connectivity index (χ1v) is 8.41. The Morgan fingerprint density at radius 3 is 2.04 bits per heavy atom. The highest BCUT2D eigenvalue weighted by Gasteiger charge is 2.30. The lowest BCUT2D eigenvalue weighted by Gasteiger charge is -2.14. The summed E-state index contributed by atoms with van der Waals surface area (Å²) in [6.45, 7) is 0.297. The summed E-state index contributed by atoms with van der Waals surface area (Å²) in [5.74, 6) is -1.15. The molecule has 1 fully saturated rings. The number of carbonyl (C=O) groups excluding carboxylic acids is 4. The summed E-state index contributed by atoms with van der Waals surface area (Å²) in [6.07, 6.45) is 0.436. The molecule has 2 aromatic rings. The lowest BCUT2D eigenvalue weighted by molar-refractivity contribution is -0.121. The molecule has 1 saturated heterocycles. The second-order valence-electron chi connectivity index (χ2n) is 6.04. The largest absolute Gasteiger partial charge is 0.465 e. The van der Waals surface area contributed by atoms with Crippen molar-refractivity contribution in [2.45, 2.75) is 19.4 Å². The average molecular weight is 366 g/mol. The Balaban J connectivity index is 1.60. The van der Waals surface area contributed by atoms with Crippen LogP contribution in [0.2, 0.25) is 0 Å². The lowest BCUT2D eigenvalue weighted by atomic mass is 10.1. The summed E-state index contributed by atoms with van der Waals surface area (Å²) in [6, 6.07) is 13.1. The van der Waals surface area contributed by atoms with Gasteiger partial charge in [0.25, 0.3) is 5.91 Å². The quantitative estimate of drug-likeness (QED) is 0.646. The number of amides is 3. The maximum atomic E-state index is 12.3. The molecular formula is C20H18N2O5. The van der Waals surface area contributed by atoms with Gasteiger partial charge in [0.05, 0.1) is 18.4 Å². The molecule has 3 amide bonds.